The van der Waals surface area contributed by atoms with Crippen molar-refractivity contribution in [3.63, 3.8) is 0 Å². The van der Waals surface area contributed by atoms with Crippen LogP contribution in [0.15, 0.2) is 30.3 Å². The quantitative estimate of drug-likeness (QED) is 0.714. The highest BCUT2D eigenvalue weighted by molar-refractivity contribution is 5.20. The van der Waals surface area contributed by atoms with Crippen LogP contribution in [0.1, 0.15) is 13.8 Å². The molecule has 0 aliphatic rings. The van der Waals surface area contributed by atoms with E-state index in [2.05, 4.69) is 19.2 Å². The molecule has 0 aliphatic heterocycles. The first-order valence-electron chi connectivity index (χ1n) is 5.37. The first-order valence-corrected chi connectivity index (χ1v) is 5.37. The minimum atomic E-state index is -0.410. The molecule has 0 amide bonds. The van der Waals surface area contributed by atoms with Crippen LogP contribution in [-0.4, -0.2) is 30.4 Å². The Morgan fingerprint density at radius 2 is 1.93 bits per heavy atom. The third kappa shape index (κ3) is 5.40. The van der Waals surface area contributed by atoms with Crippen LogP contribution in [0.3, 0.4) is 0 Å². The van der Waals surface area contributed by atoms with Gasteiger partial charge in [0.2, 0.25) is 0 Å². The van der Waals surface area contributed by atoms with Gasteiger partial charge in [0.15, 0.2) is 0 Å². The van der Waals surface area contributed by atoms with Crippen molar-refractivity contribution in [2.45, 2.75) is 26.0 Å². The van der Waals surface area contributed by atoms with E-state index in [4.69, 9.17) is 4.74 Å². The average molecular weight is 210 g/mol. The van der Waals surface area contributed by atoms with Crippen LogP contribution in [0.2, 0.25) is 0 Å². The van der Waals surface area contributed by atoms with Crippen LogP contribution in [0.5, 0.6) is 5.75 Å². The lowest BCUT2D eigenvalue weighted by atomic mass is 10.3. The summed E-state index contributed by atoms with van der Waals surface area (Å²) in [6.45, 7) is 5.24. The van der Waals surface area contributed by atoms with Crippen LogP contribution in [0.4, 0.5) is 0 Å². The minimum Gasteiger partial charge on any atom is -0.491 e. The van der Waals surface area contributed by atoms with Crippen LogP contribution >= 0.6 is 0 Å². The zero-order valence-electron chi connectivity index (χ0n) is 9.39. The predicted octanol–water partition coefficient (Wildman–Crippen LogP) is 0.398. The Kier molecular flexibility index (Phi) is 5.15. The van der Waals surface area contributed by atoms with Gasteiger partial charge < -0.3 is 15.2 Å². The number of hydrogen-bond donors (Lipinski definition) is 2. The summed E-state index contributed by atoms with van der Waals surface area (Å²) in [7, 11) is 0. The third-order valence-corrected chi connectivity index (χ3v) is 2.07. The molecule has 3 nitrogen and oxygen atoms in total. The number of hydrogen-bond acceptors (Lipinski definition) is 2. The van der Waals surface area contributed by atoms with Crippen molar-refractivity contribution >= 4 is 0 Å². The summed E-state index contributed by atoms with van der Waals surface area (Å²) in [6.07, 6.45) is -0.410. The van der Waals surface area contributed by atoms with Crippen molar-refractivity contribution in [2.75, 3.05) is 13.2 Å². The molecule has 0 heterocycles. The van der Waals surface area contributed by atoms with Gasteiger partial charge in [0.25, 0.3) is 0 Å². The van der Waals surface area contributed by atoms with Gasteiger partial charge >= 0.3 is 0 Å². The van der Waals surface area contributed by atoms with Crippen LogP contribution in [0.25, 0.3) is 0 Å². The summed E-state index contributed by atoms with van der Waals surface area (Å²) in [5, 5.41) is 11.7. The number of nitrogens with two attached hydrogens (primary N) is 1. The Labute approximate surface area is 91.1 Å². The molecule has 0 bridgehead atoms. The van der Waals surface area contributed by atoms with Crippen molar-refractivity contribution in [3.05, 3.63) is 30.3 Å². The molecule has 1 unspecified atom stereocenters. The highest BCUT2D eigenvalue weighted by Crippen LogP contribution is 2.07. The maximum Gasteiger partial charge on any atom is 0.137 e. The number of rotatable bonds is 6. The van der Waals surface area contributed by atoms with Gasteiger partial charge in [-0.05, 0) is 26.0 Å². The molecule has 3 N–H and O–H groups in total. The van der Waals surface area contributed by atoms with Gasteiger partial charge in [-0.1, -0.05) is 18.2 Å². The Morgan fingerprint density at radius 3 is 2.53 bits per heavy atom. The fraction of sp³-hybridized carbons (Fsp3) is 0.500. The molecule has 0 aliphatic carbocycles. The zero-order chi connectivity index (χ0) is 11.1. The smallest absolute Gasteiger partial charge is 0.137 e. The summed E-state index contributed by atoms with van der Waals surface area (Å²) in [5.74, 6) is 0.807. The zero-order valence-corrected chi connectivity index (χ0v) is 9.39. The molecule has 0 saturated carbocycles. The van der Waals surface area contributed by atoms with E-state index < -0.39 is 6.10 Å². The Balaban J connectivity index is 2.19. The van der Waals surface area contributed by atoms with E-state index in [1.807, 2.05) is 30.3 Å². The largest absolute Gasteiger partial charge is 0.491 e. The fourth-order valence-corrected chi connectivity index (χ4v) is 1.21. The number of quaternary nitrogens is 1. The summed E-state index contributed by atoms with van der Waals surface area (Å²) < 4.78 is 5.43. The standard InChI is InChI=1S/C12H19NO2/c1-10(2)13-8-11(14)9-15-12-6-4-3-5-7-12/h3-7,10-11,13-14H,8-9H2,1-2H3/p+1. The van der Waals surface area contributed by atoms with Gasteiger partial charge in [0.1, 0.15) is 25.0 Å². The second kappa shape index (κ2) is 6.43. The summed E-state index contributed by atoms with van der Waals surface area (Å²) in [5.41, 5.74) is 0. The number of ether oxygens (including phenoxy) is 1. The molecule has 0 aromatic heterocycles. The molecule has 0 fully saturated rings. The molecule has 1 rings (SSSR count). The summed E-state index contributed by atoms with van der Waals surface area (Å²) in [6, 6.07) is 10.1. The van der Waals surface area contributed by atoms with Gasteiger partial charge in [-0.15, -0.1) is 0 Å². The second-order valence-electron chi connectivity index (χ2n) is 3.99. The topological polar surface area (TPSA) is 46.1 Å². The van der Waals surface area contributed by atoms with E-state index in [9.17, 15) is 5.11 Å². The average Bonchev–Trinajstić information content (AvgIpc) is 2.25. The van der Waals surface area contributed by atoms with E-state index in [0.717, 1.165) is 5.75 Å². The number of benzene rings is 1. The molecule has 0 radical (unpaired) electrons. The van der Waals surface area contributed by atoms with Crippen LogP contribution in [0, 0.1) is 0 Å². The fourth-order valence-electron chi connectivity index (χ4n) is 1.21. The molecule has 15 heavy (non-hydrogen) atoms. The van der Waals surface area contributed by atoms with Gasteiger partial charge in [0.05, 0.1) is 6.04 Å². The molecular formula is C12H20NO2+. The van der Waals surface area contributed by atoms with Crippen LogP contribution < -0.4 is 10.1 Å². The molecule has 84 valence electrons. The number of aliphatic hydroxyl groups excluding tert-OH is 1. The van der Waals surface area contributed by atoms with E-state index in [1.54, 1.807) is 0 Å². The van der Waals surface area contributed by atoms with E-state index in [1.165, 1.54) is 0 Å². The third-order valence-electron chi connectivity index (χ3n) is 2.07. The van der Waals surface area contributed by atoms with Gasteiger partial charge in [0, 0.05) is 0 Å². The SMILES string of the molecule is CC(C)[NH2+]CC(O)COc1ccccc1. The van der Waals surface area contributed by atoms with Crippen molar-refractivity contribution in [1.29, 1.82) is 0 Å². The second-order valence-corrected chi connectivity index (χ2v) is 3.99. The number of aliphatic hydroxyl groups is 1. The molecule has 0 spiro atoms. The Hall–Kier alpha value is -1.06. The van der Waals surface area contributed by atoms with Crippen LogP contribution in [-0.2, 0) is 0 Å². The molecule has 1 aromatic carbocycles. The van der Waals surface area contributed by atoms with Crippen molar-refractivity contribution in [3.8, 4) is 5.75 Å². The summed E-state index contributed by atoms with van der Waals surface area (Å²) in [4.78, 5) is 0. The first kappa shape index (κ1) is 12.0. The van der Waals surface area contributed by atoms with Gasteiger partial charge in [-0.2, -0.15) is 0 Å². The molecule has 1 aromatic rings. The Morgan fingerprint density at radius 1 is 1.27 bits per heavy atom. The van der Waals surface area contributed by atoms with E-state index in [-0.39, 0.29) is 0 Å². The maximum absolute atomic E-state index is 9.60. The van der Waals surface area contributed by atoms with E-state index >= 15 is 0 Å². The molecular weight excluding hydrogens is 190 g/mol. The normalized spacial score (nSPS) is 12.8. The predicted molar refractivity (Wildman–Crippen MR) is 59.9 cm³/mol. The van der Waals surface area contributed by atoms with Crippen molar-refractivity contribution in [2.24, 2.45) is 0 Å². The molecule has 3 heteroatoms. The first-order chi connectivity index (χ1) is 7.18. The lowest BCUT2D eigenvalue weighted by Gasteiger charge is -2.12. The lowest BCUT2D eigenvalue weighted by molar-refractivity contribution is -0.688. The minimum absolute atomic E-state index is 0.354. The lowest BCUT2D eigenvalue weighted by Crippen LogP contribution is -2.90. The molecule has 0 saturated heterocycles. The monoisotopic (exact) mass is 210 g/mol. The van der Waals surface area contributed by atoms with Crippen molar-refractivity contribution in [1.82, 2.24) is 0 Å². The Bertz CT molecular complexity index is 262. The highest BCUT2D eigenvalue weighted by Gasteiger charge is 2.08. The summed E-state index contributed by atoms with van der Waals surface area (Å²) >= 11 is 0. The number of para-hydroxylation sites is 1. The maximum atomic E-state index is 9.60. The van der Waals surface area contributed by atoms with Gasteiger partial charge in [-0.3, -0.25) is 0 Å². The van der Waals surface area contributed by atoms with Crippen molar-refractivity contribution < 1.29 is 15.2 Å². The molecule has 1 atom stereocenters. The van der Waals surface area contributed by atoms with Gasteiger partial charge in [-0.25, -0.2) is 0 Å². The highest BCUT2D eigenvalue weighted by atomic mass is 16.5. The van der Waals surface area contributed by atoms with E-state index in [0.29, 0.717) is 19.2 Å².